The molecule has 0 saturated carbocycles. The van der Waals surface area contributed by atoms with Gasteiger partial charge in [-0.3, -0.25) is 9.00 Å². The van der Waals surface area contributed by atoms with E-state index < -0.39 is 10.8 Å². The Morgan fingerprint density at radius 1 is 1.39 bits per heavy atom. The molecular formula is C13H20N2O2S. The number of amides is 1. The second-order valence-corrected chi connectivity index (χ2v) is 5.93. The quantitative estimate of drug-likeness (QED) is 0.758. The molecule has 0 heterocycles. The zero-order chi connectivity index (χ0) is 13.5. The van der Waals surface area contributed by atoms with E-state index in [2.05, 4.69) is 5.32 Å². The van der Waals surface area contributed by atoms with Crippen LogP contribution in [0.4, 0.5) is 5.69 Å². The number of rotatable bonds is 6. The molecule has 0 aromatic heterocycles. The first kappa shape index (κ1) is 14.7. The average molecular weight is 268 g/mol. The number of nitrogen functional groups attached to an aromatic ring is 1. The minimum absolute atomic E-state index is 0.00947. The van der Waals surface area contributed by atoms with Crippen LogP contribution in [0.5, 0.6) is 0 Å². The Bertz CT molecular complexity index is 418. The molecule has 0 saturated heterocycles. The van der Waals surface area contributed by atoms with Crippen molar-refractivity contribution in [1.29, 1.82) is 0 Å². The minimum atomic E-state index is -0.883. The molecule has 0 aliphatic carbocycles. The third kappa shape index (κ3) is 5.82. The van der Waals surface area contributed by atoms with Gasteiger partial charge < -0.3 is 11.1 Å². The van der Waals surface area contributed by atoms with Crippen molar-refractivity contribution in [3.05, 3.63) is 29.8 Å². The van der Waals surface area contributed by atoms with Crippen molar-refractivity contribution in [2.75, 3.05) is 17.7 Å². The van der Waals surface area contributed by atoms with Crippen molar-refractivity contribution in [2.24, 2.45) is 0 Å². The Morgan fingerprint density at radius 2 is 2.00 bits per heavy atom. The smallest absolute Gasteiger partial charge is 0.220 e. The van der Waals surface area contributed by atoms with Crippen LogP contribution in [-0.4, -0.2) is 28.2 Å². The number of carbonyl (C=O) groups excluding carboxylic acids is 1. The van der Waals surface area contributed by atoms with E-state index in [0.29, 0.717) is 18.6 Å². The van der Waals surface area contributed by atoms with E-state index in [-0.39, 0.29) is 11.9 Å². The SMILES string of the molecule is CC(CS(C)=O)NC(=O)CCc1ccc(N)cc1. The molecule has 3 N–H and O–H groups in total. The highest BCUT2D eigenvalue weighted by atomic mass is 32.2. The molecule has 1 rings (SSSR count). The van der Waals surface area contributed by atoms with Crippen LogP contribution < -0.4 is 11.1 Å². The van der Waals surface area contributed by atoms with Crippen LogP contribution in [-0.2, 0) is 22.0 Å². The predicted octanol–water partition coefficient (Wildman–Crippen LogP) is 1.08. The summed E-state index contributed by atoms with van der Waals surface area (Å²) in [6.07, 6.45) is 2.76. The number of nitrogens with two attached hydrogens (primary N) is 1. The lowest BCUT2D eigenvalue weighted by Crippen LogP contribution is -2.36. The second kappa shape index (κ2) is 7.16. The topological polar surface area (TPSA) is 72.2 Å². The number of hydrogen-bond acceptors (Lipinski definition) is 3. The van der Waals surface area contributed by atoms with Gasteiger partial charge in [-0.1, -0.05) is 12.1 Å². The third-order valence-electron chi connectivity index (χ3n) is 2.51. The van der Waals surface area contributed by atoms with E-state index in [9.17, 15) is 9.00 Å². The number of carbonyl (C=O) groups is 1. The Morgan fingerprint density at radius 3 is 2.56 bits per heavy atom. The van der Waals surface area contributed by atoms with Gasteiger partial charge >= 0.3 is 0 Å². The summed E-state index contributed by atoms with van der Waals surface area (Å²) in [5.74, 6) is 0.484. The summed E-state index contributed by atoms with van der Waals surface area (Å²) in [4.78, 5) is 11.6. The fourth-order valence-corrected chi connectivity index (χ4v) is 2.47. The van der Waals surface area contributed by atoms with Crippen molar-refractivity contribution in [1.82, 2.24) is 5.32 Å². The monoisotopic (exact) mass is 268 g/mol. The summed E-state index contributed by atoms with van der Waals surface area (Å²) < 4.78 is 11.0. The van der Waals surface area contributed by atoms with Crippen LogP contribution in [0.15, 0.2) is 24.3 Å². The number of hydrogen-bond donors (Lipinski definition) is 2. The normalized spacial score (nSPS) is 13.9. The molecule has 1 aromatic carbocycles. The van der Waals surface area contributed by atoms with Gasteiger partial charge in [0.05, 0.1) is 0 Å². The molecule has 0 aliphatic rings. The Balaban J connectivity index is 2.32. The number of aryl methyl sites for hydroxylation is 1. The van der Waals surface area contributed by atoms with Crippen molar-refractivity contribution in [3.8, 4) is 0 Å². The van der Waals surface area contributed by atoms with Crippen LogP contribution in [0.3, 0.4) is 0 Å². The lowest BCUT2D eigenvalue weighted by Gasteiger charge is -2.12. The Hall–Kier alpha value is -1.36. The second-order valence-electron chi connectivity index (χ2n) is 4.45. The molecule has 0 bridgehead atoms. The van der Waals surface area contributed by atoms with E-state index in [1.54, 1.807) is 6.26 Å². The van der Waals surface area contributed by atoms with Gasteiger partial charge in [0.15, 0.2) is 0 Å². The molecule has 0 fully saturated rings. The van der Waals surface area contributed by atoms with Gasteiger partial charge in [0.1, 0.15) is 0 Å². The van der Waals surface area contributed by atoms with Crippen molar-refractivity contribution < 1.29 is 9.00 Å². The molecule has 2 unspecified atom stereocenters. The highest BCUT2D eigenvalue weighted by Gasteiger charge is 2.08. The Labute approximate surface area is 110 Å². The summed E-state index contributed by atoms with van der Waals surface area (Å²) in [5.41, 5.74) is 7.40. The first-order valence-corrected chi connectivity index (χ1v) is 7.64. The maximum atomic E-state index is 11.6. The van der Waals surface area contributed by atoms with Gasteiger partial charge in [0, 0.05) is 41.0 Å². The molecule has 18 heavy (non-hydrogen) atoms. The standard InChI is InChI=1S/C13H20N2O2S/c1-10(9-18(2)17)15-13(16)8-5-11-3-6-12(14)7-4-11/h3-4,6-7,10H,5,8-9,14H2,1-2H3,(H,15,16). The largest absolute Gasteiger partial charge is 0.399 e. The fraction of sp³-hybridized carbons (Fsp3) is 0.462. The maximum Gasteiger partial charge on any atom is 0.220 e. The minimum Gasteiger partial charge on any atom is -0.399 e. The summed E-state index contributed by atoms with van der Waals surface area (Å²) in [6.45, 7) is 1.86. The van der Waals surface area contributed by atoms with Gasteiger partial charge in [-0.05, 0) is 31.0 Å². The Kier molecular flexibility index (Phi) is 5.85. The van der Waals surface area contributed by atoms with Gasteiger partial charge in [0.2, 0.25) is 5.91 Å². The molecule has 5 heteroatoms. The van der Waals surface area contributed by atoms with E-state index in [4.69, 9.17) is 5.73 Å². The van der Waals surface area contributed by atoms with Gasteiger partial charge in [-0.25, -0.2) is 0 Å². The molecule has 0 spiro atoms. The molecule has 0 radical (unpaired) electrons. The van der Waals surface area contributed by atoms with E-state index in [1.807, 2.05) is 31.2 Å². The van der Waals surface area contributed by atoms with Gasteiger partial charge in [0.25, 0.3) is 0 Å². The first-order valence-electron chi connectivity index (χ1n) is 5.91. The molecule has 1 aromatic rings. The zero-order valence-corrected chi connectivity index (χ0v) is 11.6. The van der Waals surface area contributed by atoms with Gasteiger partial charge in [-0.15, -0.1) is 0 Å². The molecule has 0 aliphatic heterocycles. The van der Waals surface area contributed by atoms with Crippen LogP contribution in [0.2, 0.25) is 0 Å². The molecule has 2 atom stereocenters. The molecular weight excluding hydrogens is 248 g/mol. The van der Waals surface area contributed by atoms with Crippen LogP contribution in [0.1, 0.15) is 18.9 Å². The lowest BCUT2D eigenvalue weighted by molar-refractivity contribution is -0.121. The molecule has 1 amide bonds. The average Bonchev–Trinajstić information content (AvgIpc) is 2.27. The van der Waals surface area contributed by atoms with E-state index >= 15 is 0 Å². The first-order chi connectivity index (χ1) is 8.47. The highest BCUT2D eigenvalue weighted by molar-refractivity contribution is 7.84. The fourth-order valence-electron chi connectivity index (χ4n) is 1.68. The maximum absolute atomic E-state index is 11.6. The van der Waals surface area contributed by atoms with Crippen LogP contribution in [0, 0.1) is 0 Å². The summed E-state index contributed by atoms with van der Waals surface area (Å²) in [5, 5.41) is 2.84. The summed E-state index contributed by atoms with van der Waals surface area (Å²) in [7, 11) is -0.883. The van der Waals surface area contributed by atoms with Crippen molar-refractivity contribution in [3.63, 3.8) is 0 Å². The van der Waals surface area contributed by atoms with Crippen molar-refractivity contribution in [2.45, 2.75) is 25.8 Å². The van der Waals surface area contributed by atoms with Crippen LogP contribution >= 0.6 is 0 Å². The summed E-state index contributed by atoms with van der Waals surface area (Å²) >= 11 is 0. The van der Waals surface area contributed by atoms with Crippen LogP contribution in [0.25, 0.3) is 0 Å². The van der Waals surface area contributed by atoms with Gasteiger partial charge in [-0.2, -0.15) is 0 Å². The molecule has 4 nitrogen and oxygen atoms in total. The molecule has 100 valence electrons. The number of nitrogens with one attached hydrogen (secondary N) is 1. The third-order valence-corrected chi connectivity index (χ3v) is 3.48. The number of anilines is 1. The predicted molar refractivity (Wildman–Crippen MR) is 75.7 cm³/mol. The summed E-state index contributed by atoms with van der Waals surface area (Å²) in [6, 6.07) is 7.46. The lowest BCUT2D eigenvalue weighted by atomic mass is 10.1. The van der Waals surface area contributed by atoms with E-state index in [0.717, 1.165) is 11.3 Å². The zero-order valence-electron chi connectivity index (χ0n) is 10.8. The number of benzene rings is 1. The highest BCUT2D eigenvalue weighted by Crippen LogP contribution is 2.07. The van der Waals surface area contributed by atoms with Crippen molar-refractivity contribution >= 4 is 22.4 Å². The van der Waals surface area contributed by atoms with E-state index in [1.165, 1.54) is 0 Å².